The zero-order valence-corrected chi connectivity index (χ0v) is 17.4. The first-order valence-electron chi connectivity index (χ1n) is 11.0. The van der Waals surface area contributed by atoms with Crippen molar-refractivity contribution in [2.24, 2.45) is 47.3 Å². The van der Waals surface area contributed by atoms with E-state index in [-0.39, 0.29) is 12.4 Å². The SMILES string of the molecule is CC1CCC(CC2CCC(C3CC(C)C(C)C(C)C3)CC2)CC1.O.O.[HH]. The van der Waals surface area contributed by atoms with Gasteiger partial charge in [0.25, 0.3) is 0 Å². The van der Waals surface area contributed by atoms with Crippen LogP contribution in [0, 0.1) is 47.3 Å². The summed E-state index contributed by atoms with van der Waals surface area (Å²) in [5.41, 5.74) is 0. The molecular formula is C23H48O2. The minimum atomic E-state index is 0. The predicted molar refractivity (Wildman–Crippen MR) is 111 cm³/mol. The maximum absolute atomic E-state index is 2.52. The smallest absolute Gasteiger partial charge is 0 e. The van der Waals surface area contributed by atoms with Crippen molar-refractivity contribution in [1.82, 2.24) is 0 Å². The highest BCUT2D eigenvalue weighted by Gasteiger charge is 2.36. The average molecular weight is 357 g/mol. The fourth-order valence-electron chi connectivity index (χ4n) is 6.36. The van der Waals surface area contributed by atoms with Crippen molar-refractivity contribution in [3.8, 4) is 0 Å². The maximum Gasteiger partial charge on any atom is 0 e. The quantitative estimate of drug-likeness (QED) is 0.602. The molecule has 4 N–H and O–H groups in total. The molecule has 0 saturated heterocycles. The average Bonchev–Trinajstić information content (AvgIpc) is 2.55. The van der Waals surface area contributed by atoms with Crippen LogP contribution < -0.4 is 0 Å². The first kappa shape index (κ1) is 23.0. The van der Waals surface area contributed by atoms with Gasteiger partial charge in [-0.25, -0.2) is 0 Å². The molecule has 25 heavy (non-hydrogen) atoms. The van der Waals surface area contributed by atoms with E-state index < -0.39 is 0 Å². The molecule has 152 valence electrons. The number of rotatable bonds is 3. The second-order valence-corrected chi connectivity index (χ2v) is 10.2. The van der Waals surface area contributed by atoms with Crippen LogP contribution in [-0.2, 0) is 0 Å². The second-order valence-electron chi connectivity index (χ2n) is 10.2. The zero-order chi connectivity index (χ0) is 16.4. The lowest BCUT2D eigenvalue weighted by Crippen LogP contribution is -2.33. The van der Waals surface area contributed by atoms with Crippen molar-refractivity contribution < 1.29 is 12.4 Å². The summed E-state index contributed by atoms with van der Waals surface area (Å²) in [6.07, 6.45) is 17.0. The molecule has 0 bridgehead atoms. The first-order chi connectivity index (χ1) is 11.0. The highest BCUT2D eigenvalue weighted by molar-refractivity contribution is 4.86. The summed E-state index contributed by atoms with van der Waals surface area (Å²) in [7, 11) is 0. The van der Waals surface area contributed by atoms with Crippen molar-refractivity contribution in [2.45, 2.75) is 98.3 Å². The van der Waals surface area contributed by atoms with Gasteiger partial charge in [0.1, 0.15) is 0 Å². The minimum absolute atomic E-state index is 0. The van der Waals surface area contributed by atoms with Crippen LogP contribution in [0.5, 0.6) is 0 Å². The Kier molecular flexibility index (Phi) is 9.46. The Labute approximate surface area is 158 Å². The lowest BCUT2D eigenvalue weighted by Gasteiger charge is -2.43. The van der Waals surface area contributed by atoms with Crippen molar-refractivity contribution in [2.75, 3.05) is 0 Å². The molecule has 0 heterocycles. The molecular weight excluding hydrogens is 308 g/mol. The highest BCUT2D eigenvalue weighted by atomic mass is 16.0. The van der Waals surface area contributed by atoms with E-state index in [9.17, 15) is 0 Å². The van der Waals surface area contributed by atoms with Gasteiger partial charge in [0, 0.05) is 1.43 Å². The van der Waals surface area contributed by atoms with Gasteiger partial charge < -0.3 is 11.0 Å². The summed E-state index contributed by atoms with van der Waals surface area (Å²) in [5, 5.41) is 0. The first-order valence-corrected chi connectivity index (χ1v) is 11.0. The number of hydrogen-bond donors (Lipinski definition) is 0. The molecule has 3 rings (SSSR count). The van der Waals surface area contributed by atoms with Crippen LogP contribution in [0.25, 0.3) is 0 Å². The van der Waals surface area contributed by atoms with Gasteiger partial charge in [0.15, 0.2) is 0 Å². The van der Waals surface area contributed by atoms with Crippen LogP contribution in [0.4, 0.5) is 0 Å². The van der Waals surface area contributed by atoms with Crippen LogP contribution in [-0.4, -0.2) is 11.0 Å². The van der Waals surface area contributed by atoms with E-state index in [2.05, 4.69) is 27.7 Å². The minimum Gasteiger partial charge on any atom is -0.412 e. The summed E-state index contributed by atoms with van der Waals surface area (Å²) < 4.78 is 0. The number of hydrogen-bond acceptors (Lipinski definition) is 0. The molecule has 3 saturated carbocycles. The Morgan fingerprint density at radius 3 is 1.52 bits per heavy atom. The molecule has 2 nitrogen and oxygen atoms in total. The van der Waals surface area contributed by atoms with Crippen LogP contribution in [0.1, 0.15) is 99.8 Å². The van der Waals surface area contributed by atoms with Crippen molar-refractivity contribution in [3.05, 3.63) is 0 Å². The van der Waals surface area contributed by atoms with Crippen LogP contribution in [0.2, 0.25) is 0 Å². The summed E-state index contributed by atoms with van der Waals surface area (Å²) in [5.74, 6) is 8.21. The van der Waals surface area contributed by atoms with Gasteiger partial charge in [-0.05, 0) is 79.4 Å². The van der Waals surface area contributed by atoms with E-state index in [1.54, 1.807) is 32.1 Å². The van der Waals surface area contributed by atoms with Gasteiger partial charge >= 0.3 is 0 Å². The van der Waals surface area contributed by atoms with Gasteiger partial charge in [-0.3, -0.25) is 0 Å². The van der Waals surface area contributed by atoms with Gasteiger partial charge in [-0.1, -0.05) is 66.2 Å². The van der Waals surface area contributed by atoms with Crippen molar-refractivity contribution in [1.29, 1.82) is 0 Å². The molecule has 0 aromatic carbocycles. The van der Waals surface area contributed by atoms with Gasteiger partial charge in [-0.2, -0.15) is 0 Å². The van der Waals surface area contributed by atoms with Gasteiger partial charge in [0.05, 0.1) is 0 Å². The molecule has 0 spiro atoms. The molecule has 2 unspecified atom stereocenters. The largest absolute Gasteiger partial charge is 0.412 e. The molecule has 2 heteroatoms. The van der Waals surface area contributed by atoms with Crippen LogP contribution in [0.15, 0.2) is 0 Å². The predicted octanol–water partition coefficient (Wildman–Crippen LogP) is 5.92. The van der Waals surface area contributed by atoms with Gasteiger partial charge in [-0.15, -0.1) is 0 Å². The summed E-state index contributed by atoms with van der Waals surface area (Å²) in [6.45, 7) is 9.98. The van der Waals surface area contributed by atoms with E-state index >= 15 is 0 Å². The lowest BCUT2D eigenvalue weighted by atomic mass is 9.62. The molecule has 0 amide bonds. The van der Waals surface area contributed by atoms with E-state index in [4.69, 9.17) is 0 Å². The Bertz CT molecular complexity index is 347. The Morgan fingerprint density at radius 2 is 1.04 bits per heavy atom. The third-order valence-electron chi connectivity index (χ3n) is 8.50. The maximum atomic E-state index is 2.52. The molecule has 0 radical (unpaired) electrons. The van der Waals surface area contributed by atoms with Crippen molar-refractivity contribution in [3.63, 3.8) is 0 Å². The molecule has 3 aliphatic rings. The fourth-order valence-corrected chi connectivity index (χ4v) is 6.36. The summed E-state index contributed by atoms with van der Waals surface area (Å²) >= 11 is 0. The molecule has 3 aliphatic carbocycles. The summed E-state index contributed by atoms with van der Waals surface area (Å²) in [4.78, 5) is 0. The fraction of sp³-hybridized carbons (Fsp3) is 1.00. The molecule has 0 aliphatic heterocycles. The van der Waals surface area contributed by atoms with Gasteiger partial charge in [0.2, 0.25) is 0 Å². The van der Waals surface area contributed by atoms with E-state index in [1.807, 2.05) is 0 Å². The Balaban J connectivity index is 0.00000208. The van der Waals surface area contributed by atoms with Crippen molar-refractivity contribution >= 4 is 0 Å². The molecule has 2 atom stereocenters. The molecule has 0 aromatic heterocycles. The van der Waals surface area contributed by atoms with E-state index in [0.717, 1.165) is 47.3 Å². The van der Waals surface area contributed by atoms with E-state index in [1.165, 1.54) is 38.5 Å². The van der Waals surface area contributed by atoms with Crippen LogP contribution >= 0.6 is 0 Å². The summed E-state index contributed by atoms with van der Waals surface area (Å²) in [6, 6.07) is 0. The topological polar surface area (TPSA) is 63.0 Å². The Hall–Kier alpha value is -0.0800. The third kappa shape index (κ3) is 5.96. The normalized spacial score (nSPS) is 45.1. The monoisotopic (exact) mass is 356 g/mol. The van der Waals surface area contributed by atoms with Crippen LogP contribution in [0.3, 0.4) is 0 Å². The second kappa shape index (κ2) is 10.3. The molecule has 0 aromatic rings. The zero-order valence-electron chi connectivity index (χ0n) is 17.4. The Morgan fingerprint density at radius 1 is 0.600 bits per heavy atom. The van der Waals surface area contributed by atoms with E-state index in [0.29, 0.717) is 0 Å². The molecule has 3 fully saturated rings. The third-order valence-corrected chi connectivity index (χ3v) is 8.50. The highest BCUT2D eigenvalue weighted by Crippen LogP contribution is 2.46. The standard InChI is InChI=1S/C23H42.2H2O.H2/c1-16-5-7-20(8-6-16)15-21-9-11-22(12-10-21)23-13-17(2)19(4)18(3)14-23;;;/h16-23H,5-15H2,1-4H3;2*1H2;1H. The lowest BCUT2D eigenvalue weighted by molar-refractivity contribution is 0.0744.